The Morgan fingerprint density at radius 1 is 1.11 bits per heavy atom. The minimum absolute atomic E-state index is 0.114. The molecule has 0 atom stereocenters. The smallest absolute Gasteiger partial charge is 0.225 e. The van der Waals surface area contributed by atoms with Gasteiger partial charge in [-0.25, -0.2) is 4.98 Å². The van der Waals surface area contributed by atoms with E-state index in [9.17, 15) is 4.79 Å². The highest BCUT2D eigenvalue weighted by molar-refractivity contribution is 7.14. The summed E-state index contributed by atoms with van der Waals surface area (Å²) >= 11 is 1.61. The topological polar surface area (TPSA) is 36.4 Å². The number of rotatable bonds is 8. The van der Waals surface area contributed by atoms with E-state index in [1.807, 2.05) is 4.90 Å². The lowest BCUT2D eigenvalue weighted by atomic mass is 10.0. The zero-order valence-electron chi connectivity index (χ0n) is 16.5. The molecule has 27 heavy (non-hydrogen) atoms. The SMILES string of the molecule is CC(=O)N(c1nc(CN(Cc2ccc(C(C)C)cc2)C2CC2)cs1)C1CC1. The van der Waals surface area contributed by atoms with Crippen LogP contribution in [0.1, 0.15) is 69.2 Å². The molecule has 0 N–H and O–H groups in total. The fourth-order valence-electron chi connectivity index (χ4n) is 3.56. The normalized spacial score (nSPS) is 16.9. The first-order chi connectivity index (χ1) is 13.0. The van der Waals surface area contributed by atoms with Gasteiger partial charge >= 0.3 is 0 Å². The second kappa shape index (κ2) is 7.72. The van der Waals surface area contributed by atoms with E-state index < -0.39 is 0 Å². The standard InChI is InChI=1S/C22H29N3OS/c1-15(2)18-6-4-17(5-7-18)12-24(20-8-9-20)13-19-14-27-22(23-19)25(16(3)26)21-10-11-21/h4-7,14-15,20-21H,8-13H2,1-3H3. The van der Waals surface area contributed by atoms with Crippen LogP contribution in [0.2, 0.25) is 0 Å². The lowest BCUT2D eigenvalue weighted by Crippen LogP contribution is -2.30. The molecule has 0 spiro atoms. The number of hydrogen-bond donors (Lipinski definition) is 0. The molecule has 0 bridgehead atoms. The van der Waals surface area contributed by atoms with E-state index >= 15 is 0 Å². The van der Waals surface area contributed by atoms with Crippen molar-refractivity contribution >= 4 is 22.4 Å². The number of thiazole rings is 1. The number of anilines is 1. The van der Waals surface area contributed by atoms with Crippen molar-refractivity contribution in [3.8, 4) is 0 Å². The minimum Gasteiger partial charge on any atom is -0.290 e. The van der Waals surface area contributed by atoms with E-state index in [-0.39, 0.29) is 5.91 Å². The maximum Gasteiger partial charge on any atom is 0.225 e. The van der Waals surface area contributed by atoms with Crippen LogP contribution in [0.4, 0.5) is 5.13 Å². The number of carbonyl (C=O) groups is 1. The summed E-state index contributed by atoms with van der Waals surface area (Å²) in [5.74, 6) is 0.686. The third kappa shape index (κ3) is 4.58. The van der Waals surface area contributed by atoms with Crippen molar-refractivity contribution in [2.45, 2.75) is 77.5 Å². The lowest BCUT2D eigenvalue weighted by molar-refractivity contribution is -0.116. The molecule has 0 aliphatic heterocycles. The highest BCUT2D eigenvalue weighted by atomic mass is 32.1. The quantitative estimate of drug-likeness (QED) is 0.647. The number of aromatic nitrogens is 1. The Bertz CT molecular complexity index is 790. The molecule has 0 saturated heterocycles. The van der Waals surface area contributed by atoms with E-state index in [1.165, 1.54) is 24.0 Å². The average molecular weight is 384 g/mol. The molecule has 1 amide bonds. The molecule has 5 heteroatoms. The predicted molar refractivity (Wildman–Crippen MR) is 111 cm³/mol. The molecule has 1 heterocycles. The Morgan fingerprint density at radius 2 is 1.78 bits per heavy atom. The minimum atomic E-state index is 0.114. The van der Waals surface area contributed by atoms with Gasteiger partial charge in [0, 0.05) is 37.5 Å². The van der Waals surface area contributed by atoms with Gasteiger partial charge in [0.25, 0.3) is 0 Å². The van der Waals surface area contributed by atoms with Crippen LogP contribution in [0.15, 0.2) is 29.6 Å². The maximum atomic E-state index is 12.0. The van der Waals surface area contributed by atoms with Crippen molar-refractivity contribution in [2.24, 2.45) is 0 Å². The van der Waals surface area contributed by atoms with Crippen LogP contribution >= 0.6 is 11.3 Å². The Hall–Kier alpha value is -1.72. The second-order valence-electron chi connectivity index (χ2n) is 8.27. The van der Waals surface area contributed by atoms with Crippen LogP contribution < -0.4 is 4.90 Å². The van der Waals surface area contributed by atoms with Gasteiger partial charge in [0.1, 0.15) is 0 Å². The molecular formula is C22H29N3OS. The van der Waals surface area contributed by atoms with Crippen LogP contribution in [-0.4, -0.2) is 27.9 Å². The molecule has 1 aromatic carbocycles. The summed E-state index contributed by atoms with van der Waals surface area (Å²) in [6, 6.07) is 10.1. The maximum absolute atomic E-state index is 12.0. The van der Waals surface area contributed by atoms with Gasteiger partial charge < -0.3 is 0 Å². The first-order valence-electron chi connectivity index (χ1n) is 10.1. The summed E-state index contributed by atoms with van der Waals surface area (Å²) in [7, 11) is 0. The third-order valence-electron chi connectivity index (χ3n) is 5.46. The van der Waals surface area contributed by atoms with Crippen LogP contribution in [0.25, 0.3) is 0 Å². The first kappa shape index (κ1) is 18.6. The summed E-state index contributed by atoms with van der Waals surface area (Å²) in [5, 5.41) is 3.00. The number of carbonyl (C=O) groups excluding carboxylic acids is 1. The van der Waals surface area contributed by atoms with Crippen LogP contribution in [0.3, 0.4) is 0 Å². The summed E-state index contributed by atoms with van der Waals surface area (Å²) < 4.78 is 0. The average Bonchev–Trinajstić information content (AvgIpc) is 3.54. The Labute approximate surface area is 166 Å². The molecule has 2 fully saturated rings. The number of hydrogen-bond acceptors (Lipinski definition) is 4. The van der Waals surface area contributed by atoms with Gasteiger partial charge in [0.05, 0.1) is 5.69 Å². The van der Waals surface area contributed by atoms with Crippen molar-refractivity contribution in [2.75, 3.05) is 4.90 Å². The molecule has 0 radical (unpaired) electrons. The highest BCUT2D eigenvalue weighted by Crippen LogP contribution is 2.35. The van der Waals surface area contributed by atoms with Gasteiger partial charge in [-0.05, 0) is 42.7 Å². The molecule has 1 aromatic heterocycles. The number of amides is 1. The van der Waals surface area contributed by atoms with Gasteiger partial charge in [-0.15, -0.1) is 11.3 Å². The lowest BCUT2D eigenvalue weighted by Gasteiger charge is -2.21. The van der Waals surface area contributed by atoms with Crippen LogP contribution in [0, 0.1) is 0 Å². The second-order valence-corrected chi connectivity index (χ2v) is 9.11. The molecular weight excluding hydrogens is 354 g/mol. The summed E-state index contributed by atoms with van der Waals surface area (Å²) in [6.07, 6.45) is 4.77. The van der Waals surface area contributed by atoms with Gasteiger partial charge in [-0.3, -0.25) is 14.6 Å². The van der Waals surface area contributed by atoms with Crippen LogP contribution in [0.5, 0.6) is 0 Å². The molecule has 2 aliphatic carbocycles. The Balaban J connectivity index is 1.44. The van der Waals surface area contributed by atoms with Crippen molar-refractivity contribution in [1.29, 1.82) is 0 Å². The predicted octanol–water partition coefficient (Wildman–Crippen LogP) is 4.95. The molecule has 2 saturated carbocycles. The number of nitrogens with zero attached hydrogens (tertiary/aromatic N) is 3. The van der Waals surface area contributed by atoms with Crippen LogP contribution in [-0.2, 0) is 17.9 Å². The van der Waals surface area contributed by atoms with E-state index in [0.717, 1.165) is 36.8 Å². The van der Waals surface area contributed by atoms with E-state index in [4.69, 9.17) is 4.98 Å². The van der Waals surface area contributed by atoms with Crippen molar-refractivity contribution in [3.05, 3.63) is 46.5 Å². The fraction of sp³-hybridized carbons (Fsp3) is 0.545. The van der Waals surface area contributed by atoms with E-state index in [1.54, 1.807) is 18.3 Å². The Morgan fingerprint density at radius 3 is 2.33 bits per heavy atom. The summed E-state index contributed by atoms with van der Waals surface area (Å²) in [5.41, 5.74) is 3.85. The zero-order chi connectivity index (χ0) is 19.0. The largest absolute Gasteiger partial charge is 0.290 e. The monoisotopic (exact) mass is 383 g/mol. The highest BCUT2D eigenvalue weighted by Gasteiger charge is 2.34. The molecule has 4 rings (SSSR count). The fourth-order valence-corrected chi connectivity index (χ4v) is 4.49. The number of benzene rings is 1. The Kier molecular flexibility index (Phi) is 5.33. The molecule has 2 aliphatic rings. The van der Waals surface area contributed by atoms with Crippen molar-refractivity contribution in [1.82, 2.24) is 9.88 Å². The summed E-state index contributed by atoms with van der Waals surface area (Å²) in [4.78, 5) is 21.2. The van der Waals surface area contributed by atoms with E-state index in [0.29, 0.717) is 18.0 Å². The van der Waals surface area contributed by atoms with Gasteiger partial charge in [0.2, 0.25) is 5.91 Å². The van der Waals surface area contributed by atoms with Gasteiger partial charge in [-0.1, -0.05) is 38.1 Å². The van der Waals surface area contributed by atoms with Gasteiger partial charge in [0.15, 0.2) is 5.13 Å². The van der Waals surface area contributed by atoms with Crippen molar-refractivity contribution in [3.63, 3.8) is 0 Å². The first-order valence-corrected chi connectivity index (χ1v) is 11.0. The molecule has 0 unspecified atom stereocenters. The molecule has 144 valence electrons. The van der Waals surface area contributed by atoms with Crippen molar-refractivity contribution < 1.29 is 4.79 Å². The van der Waals surface area contributed by atoms with Gasteiger partial charge in [-0.2, -0.15) is 0 Å². The molecule has 2 aromatic rings. The summed E-state index contributed by atoms with van der Waals surface area (Å²) in [6.45, 7) is 7.95. The third-order valence-corrected chi connectivity index (χ3v) is 6.35. The zero-order valence-corrected chi connectivity index (χ0v) is 17.3. The molecule has 4 nitrogen and oxygen atoms in total. The van der Waals surface area contributed by atoms with E-state index in [2.05, 4.69) is 48.4 Å².